The van der Waals surface area contributed by atoms with Gasteiger partial charge in [0.15, 0.2) is 0 Å². The van der Waals surface area contributed by atoms with Crippen LogP contribution in [-0.4, -0.2) is 20.3 Å². The Labute approximate surface area is 130 Å². The Bertz CT molecular complexity index is 587. The average molecular weight is 306 g/mol. The summed E-state index contributed by atoms with van der Waals surface area (Å²) in [5, 5.41) is 3.82. The van der Waals surface area contributed by atoms with Crippen molar-refractivity contribution in [3.63, 3.8) is 0 Å². The summed E-state index contributed by atoms with van der Waals surface area (Å²) in [6, 6.07) is 13.6. The van der Waals surface area contributed by atoms with Crippen molar-refractivity contribution in [3.05, 3.63) is 58.6 Å². The highest BCUT2D eigenvalue weighted by molar-refractivity contribution is 6.30. The Morgan fingerprint density at radius 2 is 1.86 bits per heavy atom. The molecule has 0 aliphatic carbocycles. The van der Waals surface area contributed by atoms with Crippen LogP contribution in [0.2, 0.25) is 5.02 Å². The Balaban J connectivity index is 1.86. The Hall–Kier alpha value is -1.71. The lowest BCUT2D eigenvalue weighted by molar-refractivity contribution is 0.215. The van der Waals surface area contributed by atoms with Crippen molar-refractivity contribution in [2.75, 3.05) is 20.3 Å². The maximum Gasteiger partial charge on any atom is 0.124 e. The summed E-state index contributed by atoms with van der Waals surface area (Å²) in [5.74, 6) is 1.70. The maximum atomic E-state index is 6.00. The van der Waals surface area contributed by atoms with Crippen LogP contribution in [-0.2, 0) is 6.54 Å². The van der Waals surface area contributed by atoms with E-state index in [9.17, 15) is 0 Å². The average Bonchev–Trinajstić information content (AvgIpc) is 2.46. The predicted octanol–water partition coefficient (Wildman–Crippen LogP) is 3.83. The van der Waals surface area contributed by atoms with Crippen molar-refractivity contribution in [3.8, 4) is 11.5 Å². The molecule has 0 saturated heterocycles. The highest BCUT2D eigenvalue weighted by atomic mass is 35.5. The van der Waals surface area contributed by atoms with Crippen LogP contribution in [0.15, 0.2) is 42.5 Å². The molecule has 0 aromatic heterocycles. The van der Waals surface area contributed by atoms with Gasteiger partial charge in [-0.3, -0.25) is 0 Å². The highest BCUT2D eigenvalue weighted by Gasteiger charge is 2.04. The first-order chi connectivity index (χ1) is 10.2. The molecule has 21 heavy (non-hydrogen) atoms. The molecule has 0 spiro atoms. The topological polar surface area (TPSA) is 30.5 Å². The van der Waals surface area contributed by atoms with Crippen molar-refractivity contribution in [2.45, 2.75) is 13.5 Å². The van der Waals surface area contributed by atoms with Gasteiger partial charge in [-0.2, -0.15) is 0 Å². The molecule has 0 aliphatic heterocycles. The Morgan fingerprint density at radius 3 is 2.62 bits per heavy atom. The van der Waals surface area contributed by atoms with Crippen molar-refractivity contribution >= 4 is 11.6 Å². The molecule has 0 fully saturated rings. The predicted molar refractivity (Wildman–Crippen MR) is 86.4 cm³/mol. The van der Waals surface area contributed by atoms with Crippen molar-refractivity contribution in [1.82, 2.24) is 5.32 Å². The lowest BCUT2D eigenvalue weighted by atomic mass is 10.2. The molecule has 0 saturated carbocycles. The second kappa shape index (κ2) is 7.91. The van der Waals surface area contributed by atoms with E-state index < -0.39 is 0 Å². The van der Waals surface area contributed by atoms with Crippen LogP contribution in [0.1, 0.15) is 11.1 Å². The van der Waals surface area contributed by atoms with E-state index in [4.69, 9.17) is 21.1 Å². The fourth-order valence-electron chi connectivity index (χ4n) is 2.03. The van der Waals surface area contributed by atoms with Gasteiger partial charge in [0.1, 0.15) is 24.7 Å². The van der Waals surface area contributed by atoms with Gasteiger partial charge in [-0.25, -0.2) is 0 Å². The third-order valence-corrected chi connectivity index (χ3v) is 3.22. The Kier molecular flexibility index (Phi) is 5.90. The van der Waals surface area contributed by atoms with E-state index >= 15 is 0 Å². The van der Waals surface area contributed by atoms with Gasteiger partial charge in [0.05, 0.1) is 0 Å². The summed E-state index contributed by atoms with van der Waals surface area (Å²) in [7, 11) is 1.89. The lowest BCUT2D eigenvalue weighted by Crippen LogP contribution is -2.12. The largest absolute Gasteiger partial charge is 0.490 e. The maximum absolute atomic E-state index is 6.00. The second-order valence-electron chi connectivity index (χ2n) is 4.80. The highest BCUT2D eigenvalue weighted by Crippen LogP contribution is 2.23. The lowest BCUT2D eigenvalue weighted by Gasteiger charge is -2.12. The van der Waals surface area contributed by atoms with Crippen LogP contribution in [0, 0.1) is 6.92 Å². The number of aryl methyl sites for hydroxylation is 1. The van der Waals surface area contributed by atoms with Gasteiger partial charge < -0.3 is 14.8 Å². The quantitative estimate of drug-likeness (QED) is 0.789. The Morgan fingerprint density at radius 1 is 1.05 bits per heavy atom. The molecule has 0 heterocycles. The van der Waals surface area contributed by atoms with E-state index in [0.29, 0.717) is 24.8 Å². The molecule has 112 valence electrons. The normalized spacial score (nSPS) is 10.4. The first-order valence-electron chi connectivity index (χ1n) is 6.94. The van der Waals surface area contributed by atoms with Crippen molar-refractivity contribution in [1.29, 1.82) is 0 Å². The molecule has 1 N–H and O–H groups in total. The van der Waals surface area contributed by atoms with Crippen LogP contribution < -0.4 is 14.8 Å². The number of benzene rings is 2. The molecule has 0 unspecified atom stereocenters. The minimum atomic E-state index is 0.492. The molecular weight excluding hydrogens is 286 g/mol. The van der Waals surface area contributed by atoms with Gasteiger partial charge in [0.25, 0.3) is 0 Å². The number of ether oxygens (including phenoxy) is 2. The number of hydrogen-bond acceptors (Lipinski definition) is 3. The first-order valence-corrected chi connectivity index (χ1v) is 7.32. The number of hydrogen-bond donors (Lipinski definition) is 1. The van der Waals surface area contributed by atoms with Crippen molar-refractivity contribution in [2.24, 2.45) is 0 Å². The smallest absolute Gasteiger partial charge is 0.124 e. The summed E-state index contributed by atoms with van der Waals surface area (Å²) in [4.78, 5) is 0. The molecule has 0 aliphatic rings. The summed E-state index contributed by atoms with van der Waals surface area (Å²) in [6.45, 7) is 3.76. The molecule has 4 heteroatoms. The van der Waals surface area contributed by atoms with Crippen molar-refractivity contribution < 1.29 is 9.47 Å². The van der Waals surface area contributed by atoms with Gasteiger partial charge in [0, 0.05) is 17.1 Å². The molecule has 0 amide bonds. The van der Waals surface area contributed by atoms with E-state index in [-0.39, 0.29) is 0 Å². The van der Waals surface area contributed by atoms with Gasteiger partial charge in [-0.15, -0.1) is 0 Å². The zero-order chi connectivity index (χ0) is 15.1. The van der Waals surface area contributed by atoms with Crippen LogP contribution >= 0.6 is 11.6 Å². The van der Waals surface area contributed by atoms with Gasteiger partial charge >= 0.3 is 0 Å². The second-order valence-corrected chi connectivity index (χ2v) is 5.23. The molecule has 2 aromatic rings. The van der Waals surface area contributed by atoms with Crippen LogP contribution in [0.3, 0.4) is 0 Å². The first kappa shape index (κ1) is 15.7. The van der Waals surface area contributed by atoms with Crippen LogP contribution in [0.25, 0.3) is 0 Å². The standard InChI is InChI=1S/C17H20ClNO2/c1-13-4-3-5-16(10-13)20-8-9-21-17-7-6-15(18)11-14(17)12-19-2/h3-7,10-11,19H,8-9,12H2,1-2H3. The summed E-state index contributed by atoms with van der Waals surface area (Å²) in [5.41, 5.74) is 2.22. The van der Waals surface area contributed by atoms with Gasteiger partial charge in [0.2, 0.25) is 0 Å². The summed E-state index contributed by atoms with van der Waals surface area (Å²) < 4.78 is 11.4. The summed E-state index contributed by atoms with van der Waals surface area (Å²) in [6.07, 6.45) is 0. The number of rotatable bonds is 7. The zero-order valence-electron chi connectivity index (χ0n) is 12.4. The van der Waals surface area contributed by atoms with E-state index in [1.54, 1.807) is 0 Å². The van der Waals surface area contributed by atoms with Crippen LogP contribution in [0.4, 0.5) is 0 Å². The molecule has 2 rings (SSSR count). The molecule has 3 nitrogen and oxygen atoms in total. The molecule has 2 aromatic carbocycles. The fourth-order valence-corrected chi connectivity index (χ4v) is 2.23. The van der Waals surface area contributed by atoms with E-state index in [1.165, 1.54) is 5.56 Å². The SMILES string of the molecule is CNCc1cc(Cl)ccc1OCCOc1cccc(C)c1. The van der Waals surface area contributed by atoms with E-state index in [1.807, 2.05) is 56.4 Å². The molecule has 0 atom stereocenters. The summed E-state index contributed by atoms with van der Waals surface area (Å²) >= 11 is 6.00. The molecule has 0 radical (unpaired) electrons. The molecule has 0 bridgehead atoms. The van der Waals surface area contributed by atoms with Crippen LogP contribution in [0.5, 0.6) is 11.5 Å². The van der Waals surface area contributed by atoms with E-state index in [0.717, 1.165) is 17.1 Å². The van der Waals surface area contributed by atoms with Gasteiger partial charge in [-0.1, -0.05) is 23.7 Å². The monoisotopic (exact) mass is 305 g/mol. The number of nitrogens with one attached hydrogen (secondary N) is 1. The minimum absolute atomic E-state index is 0.492. The third kappa shape index (κ3) is 4.96. The zero-order valence-corrected chi connectivity index (χ0v) is 13.1. The third-order valence-electron chi connectivity index (χ3n) is 2.99. The fraction of sp³-hybridized carbons (Fsp3) is 0.294. The minimum Gasteiger partial charge on any atom is -0.490 e. The molecular formula is C17H20ClNO2. The van der Waals surface area contributed by atoms with Gasteiger partial charge in [-0.05, 0) is 49.9 Å². The van der Waals surface area contributed by atoms with E-state index in [2.05, 4.69) is 5.32 Å². The number of halogens is 1.